The van der Waals surface area contributed by atoms with Crippen LogP contribution in [0.5, 0.6) is 0 Å². The Kier molecular flexibility index (Phi) is 6.04. The molecule has 0 spiro atoms. The topological polar surface area (TPSA) is 65.5 Å². The van der Waals surface area contributed by atoms with Crippen molar-refractivity contribution in [2.75, 3.05) is 19.6 Å². The van der Waals surface area contributed by atoms with Crippen LogP contribution < -0.4 is 16.0 Å². The second kappa shape index (κ2) is 8.02. The number of thiophene rings is 1. The van der Waals surface area contributed by atoms with Gasteiger partial charge in [-0.1, -0.05) is 13.0 Å². The number of guanidine groups is 1. The van der Waals surface area contributed by atoms with Crippen molar-refractivity contribution in [2.45, 2.75) is 38.6 Å². The number of aliphatic imine (C=N–C) groups is 1. The van der Waals surface area contributed by atoms with Gasteiger partial charge in [0.15, 0.2) is 5.96 Å². The zero-order chi connectivity index (χ0) is 15.1. The van der Waals surface area contributed by atoms with E-state index in [1.165, 1.54) is 4.88 Å². The Morgan fingerprint density at radius 3 is 2.90 bits per heavy atom. The first-order valence-electron chi connectivity index (χ1n) is 7.54. The average molecular weight is 308 g/mol. The molecule has 1 fully saturated rings. The van der Waals surface area contributed by atoms with Crippen LogP contribution in [-0.4, -0.2) is 37.5 Å². The largest absolute Gasteiger partial charge is 0.357 e. The van der Waals surface area contributed by atoms with Gasteiger partial charge in [0.2, 0.25) is 5.91 Å². The first-order chi connectivity index (χ1) is 10.2. The zero-order valence-corrected chi connectivity index (χ0v) is 13.5. The molecule has 1 aromatic rings. The number of hydrogen-bond acceptors (Lipinski definition) is 3. The molecule has 21 heavy (non-hydrogen) atoms. The molecule has 0 bridgehead atoms. The SMILES string of the molecule is CCNC(=NCC(=O)NC1CC1)NCC(C)c1cccs1. The van der Waals surface area contributed by atoms with Crippen molar-refractivity contribution in [3.05, 3.63) is 22.4 Å². The van der Waals surface area contributed by atoms with Crippen LogP contribution in [0.2, 0.25) is 0 Å². The first kappa shape index (κ1) is 15.8. The molecule has 116 valence electrons. The van der Waals surface area contributed by atoms with E-state index < -0.39 is 0 Å². The fraction of sp³-hybridized carbons (Fsp3) is 0.600. The third-order valence-corrected chi connectivity index (χ3v) is 4.38. The van der Waals surface area contributed by atoms with E-state index in [-0.39, 0.29) is 12.5 Å². The highest BCUT2D eigenvalue weighted by molar-refractivity contribution is 7.10. The summed E-state index contributed by atoms with van der Waals surface area (Å²) in [7, 11) is 0. The summed E-state index contributed by atoms with van der Waals surface area (Å²) < 4.78 is 0. The van der Waals surface area contributed by atoms with Gasteiger partial charge in [-0.05, 0) is 31.2 Å². The monoisotopic (exact) mass is 308 g/mol. The van der Waals surface area contributed by atoms with Crippen LogP contribution in [0.15, 0.2) is 22.5 Å². The maximum Gasteiger partial charge on any atom is 0.242 e. The lowest BCUT2D eigenvalue weighted by molar-refractivity contribution is -0.119. The predicted octanol–water partition coefficient (Wildman–Crippen LogP) is 1.69. The quantitative estimate of drug-likeness (QED) is 0.530. The van der Waals surface area contributed by atoms with E-state index in [4.69, 9.17) is 0 Å². The van der Waals surface area contributed by atoms with Gasteiger partial charge in [-0.3, -0.25) is 4.79 Å². The lowest BCUT2D eigenvalue weighted by Gasteiger charge is -2.15. The molecule has 1 heterocycles. The van der Waals surface area contributed by atoms with Crippen molar-refractivity contribution < 1.29 is 4.79 Å². The number of carbonyl (C=O) groups excluding carboxylic acids is 1. The Balaban J connectivity index is 1.78. The van der Waals surface area contributed by atoms with Gasteiger partial charge in [-0.25, -0.2) is 4.99 Å². The van der Waals surface area contributed by atoms with Crippen molar-refractivity contribution in [1.82, 2.24) is 16.0 Å². The summed E-state index contributed by atoms with van der Waals surface area (Å²) in [6, 6.07) is 4.60. The minimum absolute atomic E-state index is 0.000934. The summed E-state index contributed by atoms with van der Waals surface area (Å²) in [4.78, 5) is 17.3. The molecular formula is C15H24N4OS. The van der Waals surface area contributed by atoms with Crippen molar-refractivity contribution in [3.63, 3.8) is 0 Å². The Morgan fingerprint density at radius 1 is 1.48 bits per heavy atom. The first-order valence-corrected chi connectivity index (χ1v) is 8.42. The predicted molar refractivity (Wildman–Crippen MR) is 87.9 cm³/mol. The summed E-state index contributed by atoms with van der Waals surface area (Å²) in [5.41, 5.74) is 0. The molecule has 1 unspecified atom stereocenters. The molecular weight excluding hydrogens is 284 g/mol. The van der Waals surface area contributed by atoms with Crippen LogP contribution >= 0.6 is 11.3 Å². The van der Waals surface area contributed by atoms with E-state index in [9.17, 15) is 4.79 Å². The molecule has 1 aliphatic rings. The Labute approximate surface area is 130 Å². The van der Waals surface area contributed by atoms with Gasteiger partial charge in [0.25, 0.3) is 0 Å². The summed E-state index contributed by atoms with van der Waals surface area (Å²) >= 11 is 1.76. The molecule has 0 aliphatic heterocycles. The van der Waals surface area contributed by atoms with E-state index in [2.05, 4.69) is 45.4 Å². The van der Waals surface area contributed by atoms with Gasteiger partial charge in [0.05, 0.1) is 0 Å². The minimum atomic E-state index is 0.000934. The third-order valence-electron chi connectivity index (χ3n) is 3.27. The second-order valence-corrected chi connectivity index (χ2v) is 6.31. The molecule has 2 rings (SSSR count). The highest BCUT2D eigenvalue weighted by Crippen LogP contribution is 2.19. The number of nitrogens with one attached hydrogen (secondary N) is 3. The van der Waals surface area contributed by atoms with Crippen LogP contribution in [0.3, 0.4) is 0 Å². The van der Waals surface area contributed by atoms with Crippen molar-refractivity contribution >= 4 is 23.2 Å². The van der Waals surface area contributed by atoms with E-state index in [0.29, 0.717) is 17.9 Å². The van der Waals surface area contributed by atoms with E-state index >= 15 is 0 Å². The van der Waals surface area contributed by atoms with Crippen molar-refractivity contribution in [2.24, 2.45) is 4.99 Å². The summed E-state index contributed by atoms with van der Waals surface area (Å²) in [5, 5.41) is 11.5. The van der Waals surface area contributed by atoms with Gasteiger partial charge >= 0.3 is 0 Å². The third kappa shape index (κ3) is 5.75. The fourth-order valence-corrected chi connectivity index (χ4v) is 2.70. The van der Waals surface area contributed by atoms with E-state index in [0.717, 1.165) is 25.9 Å². The highest BCUT2D eigenvalue weighted by Gasteiger charge is 2.22. The molecule has 5 nitrogen and oxygen atoms in total. The molecule has 1 atom stereocenters. The lowest BCUT2D eigenvalue weighted by Crippen LogP contribution is -2.40. The normalized spacial score (nSPS) is 16.4. The Hall–Kier alpha value is -1.56. The van der Waals surface area contributed by atoms with Crippen LogP contribution in [-0.2, 0) is 4.79 Å². The zero-order valence-electron chi connectivity index (χ0n) is 12.7. The van der Waals surface area contributed by atoms with Gasteiger partial charge in [0, 0.05) is 29.9 Å². The standard InChI is InChI=1S/C15H24N4OS/c1-3-16-15(18-10-14(20)19-12-6-7-12)17-9-11(2)13-5-4-8-21-13/h4-5,8,11-12H,3,6-7,9-10H2,1-2H3,(H,19,20)(H2,16,17,18). The molecule has 0 saturated heterocycles. The number of rotatable bonds is 7. The highest BCUT2D eigenvalue weighted by atomic mass is 32.1. The summed E-state index contributed by atoms with van der Waals surface area (Å²) in [5.74, 6) is 1.13. The second-order valence-electron chi connectivity index (χ2n) is 5.33. The maximum absolute atomic E-state index is 11.7. The summed E-state index contributed by atoms with van der Waals surface area (Å²) in [6.07, 6.45) is 2.21. The Morgan fingerprint density at radius 2 is 2.29 bits per heavy atom. The molecule has 0 aromatic carbocycles. The van der Waals surface area contributed by atoms with Gasteiger partial charge < -0.3 is 16.0 Å². The van der Waals surface area contributed by atoms with Crippen LogP contribution in [0.25, 0.3) is 0 Å². The maximum atomic E-state index is 11.7. The van der Waals surface area contributed by atoms with E-state index in [1.807, 2.05) is 6.92 Å². The number of hydrogen-bond donors (Lipinski definition) is 3. The van der Waals surface area contributed by atoms with Crippen LogP contribution in [0, 0.1) is 0 Å². The number of carbonyl (C=O) groups is 1. The molecule has 6 heteroatoms. The van der Waals surface area contributed by atoms with Gasteiger partial charge in [-0.2, -0.15) is 0 Å². The van der Waals surface area contributed by atoms with Crippen LogP contribution in [0.4, 0.5) is 0 Å². The van der Waals surface area contributed by atoms with E-state index in [1.54, 1.807) is 11.3 Å². The lowest BCUT2D eigenvalue weighted by atomic mass is 10.1. The molecule has 1 aromatic heterocycles. The van der Waals surface area contributed by atoms with Gasteiger partial charge in [-0.15, -0.1) is 11.3 Å². The molecule has 0 radical (unpaired) electrons. The number of nitrogens with zero attached hydrogens (tertiary/aromatic N) is 1. The summed E-state index contributed by atoms with van der Waals surface area (Å²) in [6.45, 7) is 5.96. The van der Waals surface area contributed by atoms with Gasteiger partial charge in [0.1, 0.15) is 6.54 Å². The molecule has 1 saturated carbocycles. The van der Waals surface area contributed by atoms with Crippen molar-refractivity contribution in [1.29, 1.82) is 0 Å². The smallest absolute Gasteiger partial charge is 0.242 e. The average Bonchev–Trinajstić information content (AvgIpc) is 3.10. The molecule has 1 aliphatic carbocycles. The Bertz CT molecular complexity index is 468. The number of amides is 1. The molecule has 1 amide bonds. The molecule has 3 N–H and O–H groups in total. The minimum Gasteiger partial charge on any atom is -0.357 e. The van der Waals surface area contributed by atoms with Crippen LogP contribution in [0.1, 0.15) is 37.5 Å². The fourth-order valence-electron chi connectivity index (χ4n) is 1.92. The van der Waals surface area contributed by atoms with Crippen molar-refractivity contribution in [3.8, 4) is 0 Å².